The number of hydrogen-bond donors (Lipinski definition) is 2. The van der Waals surface area contributed by atoms with E-state index in [4.69, 9.17) is 5.73 Å². The van der Waals surface area contributed by atoms with E-state index in [2.05, 4.69) is 10.1 Å². The highest BCUT2D eigenvalue weighted by Gasteiger charge is 2.14. The number of benzene rings is 1. The lowest BCUT2D eigenvalue weighted by molar-refractivity contribution is 0.0932. The quantitative estimate of drug-likeness (QED) is 0.793. The van der Waals surface area contributed by atoms with Gasteiger partial charge in [0.1, 0.15) is 18.2 Å². The van der Waals surface area contributed by atoms with Crippen molar-refractivity contribution in [1.29, 1.82) is 0 Å². The first-order chi connectivity index (χ1) is 8.41. The van der Waals surface area contributed by atoms with E-state index in [0.717, 1.165) is 12.1 Å². The van der Waals surface area contributed by atoms with Gasteiger partial charge in [-0.3, -0.25) is 4.79 Å². The minimum absolute atomic E-state index is 0.0449. The van der Waals surface area contributed by atoms with Crippen molar-refractivity contribution in [2.75, 3.05) is 13.2 Å². The molecule has 5 nitrogen and oxygen atoms in total. The normalized spacial score (nSPS) is 9.94. The van der Waals surface area contributed by atoms with Crippen LogP contribution in [0.4, 0.5) is 13.6 Å². The molecule has 2 amide bonds. The third kappa shape index (κ3) is 3.69. The molecular formula is C11H12F2N2O3. The fourth-order valence-corrected chi connectivity index (χ4v) is 1.23. The zero-order valence-corrected chi connectivity index (χ0v) is 9.63. The summed E-state index contributed by atoms with van der Waals surface area (Å²) in [6.07, 6.45) is -0.975. The van der Waals surface area contributed by atoms with Gasteiger partial charge < -0.3 is 15.8 Å². The highest BCUT2D eigenvalue weighted by atomic mass is 19.1. The molecule has 18 heavy (non-hydrogen) atoms. The number of hydrogen-bond acceptors (Lipinski definition) is 3. The second-order valence-electron chi connectivity index (χ2n) is 3.50. The Labute approximate surface area is 102 Å². The molecular weight excluding hydrogens is 246 g/mol. The molecule has 0 atom stereocenters. The van der Waals surface area contributed by atoms with Crippen molar-refractivity contribution in [3.05, 3.63) is 34.9 Å². The van der Waals surface area contributed by atoms with Gasteiger partial charge in [-0.05, 0) is 24.6 Å². The van der Waals surface area contributed by atoms with Crippen LogP contribution in [0.25, 0.3) is 0 Å². The Morgan fingerprint density at radius 3 is 2.61 bits per heavy atom. The maximum absolute atomic E-state index is 13.4. The maximum atomic E-state index is 13.4. The first-order valence-electron chi connectivity index (χ1n) is 5.08. The van der Waals surface area contributed by atoms with Crippen LogP contribution in [0, 0.1) is 18.6 Å². The number of aryl methyl sites for hydroxylation is 1. The maximum Gasteiger partial charge on any atom is 0.404 e. The Hall–Kier alpha value is -2.18. The number of nitrogens with two attached hydrogens (primary N) is 1. The summed E-state index contributed by atoms with van der Waals surface area (Å²) in [6, 6.07) is 1.75. The van der Waals surface area contributed by atoms with Crippen LogP contribution < -0.4 is 11.1 Å². The number of rotatable bonds is 4. The SMILES string of the molecule is Cc1cc(F)c(C(=O)NCCOC(N)=O)cc1F. The lowest BCUT2D eigenvalue weighted by Crippen LogP contribution is -2.29. The highest BCUT2D eigenvalue weighted by Crippen LogP contribution is 2.13. The average molecular weight is 258 g/mol. The van der Waals surface area contributed by atoms with Crippen LogP contribution in [0.3, 0.4) is 0 Å². The molecule has 98 valence electrons. The minimum atomic E-state index is -0.975. The average Bonchev–Trinajstić information content (AvgIpc) is 2.28. The van der Waals surface area contributed by atoms with Crippen molar-refractivity contribution in [1.82, 2.24) is 5.32 Å². The molecule has 0 radical (unpaired) electrons. The Kier molecular flexibility index (Phi) is 4.59. The van der Waals surface area contributed by atoms with E-state index in [1.807, 2.05) is 0 Å². The summed E-state index contributed by atoms with van der Waals surface area (Å²) < 4.78 is 30.9. The largest absolute Gasteiger partial charge is 0.448 e. The Balaban J connectivity index is 2.62. The van der Waals surface area contributed by atoms with Crippen molar-refractivity contribution in [3.63, 3.8) is 0 Å². The zero-order chi connectivity index (χ0) is 13.7. The van der Waals surface area contributed by atoms with Crippen molar-refractivity contribution in [2.24, 2.45) is 5.73 Å². The van der Waals surface area contributed by atoms with Crippen LogP contribution >= 0.6 is 0 Å². The zero-order valence-electron chi connectivity index (χ0n) is 9.63. The number of ether oxygens (including phenoxy) is 1. The van der Waals surface area contributed by atoms with Crippen LogP contribution in [-0.2, 0) is 4.74 Å². The molecule has 1 rings (SSSR count). The van der Waals surface area contributed by atoms with Crippen molar-refractivity contribution in [3.8, 4) is 0 Å². The summed E-state index contributed by atoms with van der Waals surface area (Å²) in [6.45, 7) is 1.20. The third-order valence-corrected chi connectivity index (χ3v) is 2.12. The summed E-state index contributed by atoms with van der Waals surface area (Å²) in [7, 11) is 0. The topological polar surface area (TPSA) is 81.4 Å². The highest BCUT2D eigenvalue weighted by molar-refractivity contribution is 5.94. The first kappa shape index (κ1) is 13.9. The van der Waals surface area contributed by atoms with E-state index < -0.39 is 29.2 Å². The van der Waals surface area contributed by atoms with Gasteiger partial charge in [0.2, 0.25) is 0 Å². The van der Waals surface area contributed by atoms with Gasteiger partial charge in [-0.2, -0.15) is 0 Å². The number of amides is 2. The van der Waals surface area contributed by atoms with Gasteiger partial charge >= 0.3 is 6.09 Å². The van der Waals surface area contributed by atoms with Crippen LogP contribution in [0.1, 0.15) is 15.9 Å². The molecule has 0 saturated heterocycles. The van der Waals surface area contributed by atoms with Crippen molar-refractivity contribution in [2.45, 2.75) is 6.92 Å². The van der Waals surface area contributed by atoms with E-state index in [1.165, 1.54) is 6.92 Å². The van der Waals surface area contributed by atoms with Gasteiger partial charge in [-0.1, -0.05) is 0 Å². The van der Waals surface area contributed by atoms with Crippen LogP contribution in [0.5, 0.6) is 0 Å². The predicted molar refractivity (Wildman–Crippen MR) is 59.0 cm³/mol. The number of nitrogens with one attached hydrogen (secondary N) is 1. The monoisotopic (exact) mass is 258 g/mol. The first-order valence-corrected chi connectivity index (χ1v) is 5.08. The molecule has 7 heteroatoms. The van der Waals surface area contributed by atoms with Crippen LogP contribution in [0.15, 0.2) is 12.1 Å². The Morgan fingerprint density at radius 2 is 2.00 bits per heavy atom. The molecule has 0 heterocycles. The standard InChI is InChI=1S/C11H12F2N2O3/c1-6-4-9(13)7(5-8(6)12)10(16)15-2-3-18-11(14)17/h4-5H,2-3H2,1H3,(H2,14,17)(H,15,16). The number of carbonyl (C=O) groups excluding carboxylic acids is 2. The minimum Gasteiger partial charge on any atom is -0.448 e. The molecule has 3 N–H and O–H groups in total. The van der Waals surface area contributed by atoms with Crippen LogP contribution in [-0.4, -0.2) is 25.2 Å². The van der Waals surface area contributed by atoms with Crippen LogP contribution in [0.2, 0.25) is 0 Å². The molecule has 1 aromatic carbocycles. The predicted octanol–water partition coefficient (Wildman–Crippen LogP) is 1.10. The molecule has 0 bridgehead atoms. The molecule has 0 aliphatic carbocycles. The fraction of sp³-hybridized carbons (Fsp3) is 0.273. The molecule has 0 aromatic heterocycles. The second-order valence-corrected chi connectivity index (χ2v) is 3.50. The molecule has 0 aliphatic heterocycles. The molecule has 0 unspecified atom stereocenters. The van der Waals surface area contributed by atoms with E-state index in [1.54, 1.807) is 0 Å². The number of primary amides is 1. The van der Waals surface area contributed by atoms with Crippen molar-refractivity contribution >= 4 is 12.0 Å². The van der Waals surface area contributed by atoms with Gasteiger partial charge in [0.25, 0.3) is 5.91 Å². The summed E-state index contributed by atoms with van der Waals surface area (Å²) in [5.74, 6) is -2.28. The summed E-state index contributed by atoms with van der Waals surface area (Å²) in [4.78, 5) is 21.7. The Morgan fingerprint density at radius 1 is 1.33 bits per heavy atom. The van der Waals surface area contributed by atoms with E-state index in [9.17, 15) is 18.4 Å². The fourth-order valence-electron chi connectivity index (χ4n) is 1.23. The van der Waals surface area contributed by atoms with E-state index in [-0.39, 0.29) is 18.7 Å². The Bertz CT molecular complexity index is 478. The van der Waals surface area contributed by atoms with Gasteiger partial charge in [-0.25, -0.2) is 13.6 Å². The number of carbonyl (C=O) groups is 2. The molecule has 1 aromatic rings. The van der Waals surface area contributed by atoms with Crippen molar-refractivity contribution < 1.29 is 23.1 Å². The van der Waals surface area contributed by atoms with E-state index >= 15 is 0 Å². The molecule has 0 fully saturated rings. The summed E-state index contributed by atoms with van der Waals surface area (Å²) in [5, 5.41) is 2.26. The van der Waals surface area contributed by atoms with Gasteiger partial charge in [0.15, 0.2) is 0 Å². The summed E-state index contributed by atoms with van der Waals surface area (Å²) in [5.41, 5.74) is 4.40. The summed E-state index contributed by atoms with van der Waals surface area (Å²) >= 11 is 0. The van der Waals surface area contributed by atoms with Gasteiger partial charge in [-0.15, -0.1) is 0 Å². The molecule has 0 saturated carbocycles. The second kappa shape index (κ2) is 5.95. The lowest BCUT2D eigenvalue weighted by atomic mass is 10.1. The number of halogens is 2. The smallest absolute Gasteiger partial charge is 0.404 e. The van der Waals surface area contributed by atoms with Gasteiger partial charge in [0, 0.05) is 0 Å². The molecule has 0 spiro atoms. The van der Waals surface area contributed by atoms with Gasteiger partial charge in [0.05, 0.1) is 12.1 Å². The lowest BCUT2D eigenvalue weighted by Gasteiger charge is -2.07. The molecule has 0 aliphatic rings. The third-order valence-electron chi connectivity index (χ3n) is 2.12. The van der Waals surface area contributed by atoms with E-state index in [0.29, 0.717) is 0 Å².